The van der Waals surface area contributed by atoms with E-state index in [-0.39, 0.29) is 18.6 Å². The van der Waals surface area contributed by atoms with E-state index < -0.39 is 0 Å². The fourth-order valence-corrected chi connectivity index (χ4v) is 3.39. The zero-order valence-electron chi connectivity index (χ0n) is 16.8. The number of aliphatic imine (C=N–C) groups is 1. The molecule has 0 bridgehead atoms. The first kappa shape index (κ1) is 20.9. The van der Waals surface area contributed by atoms with Crippen LogP contribution >= 0.6 is 0 Å². The van der Waals surface area contributed by atoms with Gasteiger partial charge in [-0.25, -0.2) is 4.99 Å². The minimum absolute atomic E-state index is 0.121. The molecule has 156 valence electrons. The molecule has 1 aromatic heterocycles. The van der Waals surface area contributed by atoms with Crippen molar-refractivity contribution in [2.24, 2.45) is 4.99 Å². The van der Waals surface area contributed by atoms with Crippen LogP contribution in [0.4, 0.5) is 5.69 Å². The molecule has 1 aromatic carbocycles. The second-order valence-corrected chi connectivity index (χ2v) is 7.30. The lowest BCUT2D eigenvalue weighted by Gasteiger charge is -2.27. The maximum atomic E-state index is 12.1. The number of hydrogen-bond donors (Lipinski definition) is 4. The summed E-state index contributed by atoms with van der Waals surface area (Å²) in [5.74, 6) is 0.658. The highest BCUT2D eigenvalue weighted by atomic mass is 16.3. The molecule has 4 N–H and O–H groups in total. The number of benzene rings is 1. The van der Waals surface area contributed by atoms with E-state index in [1.165, 1.54) is 0 Å². The summed E-state index contributed by atoms with van der Waals surface area (Å²) in [4.78, 5) is 16.8. The Morgan fingerprint density at radius 3 is 2.83 bits per heavy atom. The Labute approximate surface area is 171 Å². The minimum Gasteiger partial charge on any atom is -0.393 e. The third kappa shape index (κ3) is 6.90. The van der Waals surface area contributed by atoms with Crippen LogP contribution < -0.4 is 16.0 Å². The monoisotopic (exact) mass is 398 g/mol. The van der Waals surface area contributed by atoms with Crippen LogP contribution in [0.25, 0.3) is 0 Å². The lowest BCUT2D eigenvalue weighted by molar-refractivity contribution is -0.116. The van der Waals surface area contributed by atoms with Gasteiger partial charge >= 0.3 is 0 Å². The average Bonchev–Trinajstić information content (AvgIpc) is 3.21. The van der Waals surface area contributed by atoms with Crippen molar-refractivity contribution in [3.8, 4) is 0 Å². The maximum absolute atomic E-state index is 12.1. The fraction of sp³-hybridized carbons (Fsp3) is 0.476. The Bertz CT molecular complexity index is 797. The summed E-state index contributed by atoms with van der Waals surface area (Å²) in [5, 5.41) is 23.4. The van der Waals surface area contributed by atoms with Gasteiger partial charge in [-0.2, -0.15) is 5.10 Å². The van der Waals surface area contributed by atoms with Crippen molar-refractivity contribution in [3.05, 3.63) is 48.3 Å². The third-order valence-electron chi connectivity index (χ3n) is 4.88. The summed E-state index contributed by atoms with van der Waals surface area (Å²) >= 11 is 0. The summed E-state index contributed by atoms with van der Waals surface area (Å²) in [6, 6.07) is 9.83. The smallest absolute Gasteiger partial charge is 0.246 e. The summed E-state index contributed by atoms with van der Waals surface area (Å²) in [6.45, 7) is 3.51. The zero-order valence-corrected chi connectivity index (χ0v) is 16.8. The Hall–Kier alpha value is -2.87. The first-order chi connectivity index (χ1) is 14.1. The van der Waals surface area contributed by atoms with Crippen LogP contribution in [-0.4, -0.2) is 45.4 Å². The highest BCUT2D eigenvalue weighted by molar-refractivity contribution is 5.90. The van der Waals surface area contributed by atoms with Gasteiger partial charge in [0, 0.05) is 30.7 Å². The van der Waals surface area contributed by atoms with Gasteiger partial charge in [0.25, 0.3) is 0 Å². The van der Waals surface area contributed by atoms with Crippen molar-refractivity contribution in [1.29, 1.82) is 0 Å². The zero-order chi connectivity index (χ0) is 20.5. The molecule has 2 aromatic rings. The van der Waals surface area contributed by atoms with E-state index >= 15 is 0 Å². The maximum Gasteiger partial charge on any atom is 0.246 e. The molecule has 29 heavy (non-hydrogen) atoms. The molecular formula is C21H30N6O2. The Morgan fingerprint density at radius 2 is 2.10 bits per heavy atom. The number of aliphatic hydroxyl groups excluding tert-OH is 1. The summed E-state index contributed by atoms with van der Waals surface area (Å²) in [7, 11) is 0. The lowest BCUT2D eigenvalue weighted by atomic mass is 9.93. The number of hydrogen-bond acceptors (Lipinski definition) is 4. The molecule has 1 amide bonds. The van der Waals surface area contributed by atoms with Gasteiger partial charge in [-0.15, -0.1) is 0 Å². The first-order valence-corrected chi connectivity index (χ1v) is 10.2. The van der Waals surface area contributed by atoms with Crippen LogP contribution in [0.2, 0.25) is 0 Å². The Morgan fingerprint density at radius 1 is 1.28 bits per heavy atom. The lowest BCUT2D eigenvalue weighted by Crippen LogP contribution is -2.45. The van der Waals surface area contributed by atoms with E-state index in [0.717, 1.165) is 49.4 Å². The molecule has 0 atom stereocenters. The summed E-state index contributed by atoms with van der Waals surface area (Å²) in [6.07, 6.45) is 6.80. The Balaban J connectivity index is 1.56. The van der Waals surface area contributed by atoms with E-state index in [4.69, 9.17) is 0 Å². The van der Waals surface area contributed by atoms with Gasteiger partial charge in [0.2, 0.25) is 5.91 Å². The van der Waals surface area contributed by atoms with Crippen LogP contribution in [0.5, 0.6) is 0 Å². The molecule has 0 aliphatic heterocycles. The molecule has 8 heteroatoms. The van der Waals surface area contributed by atoms with E-state index in [0.29, 0.717) is 12.6 Å². The minimum atomic E-state index is -0.168. The van der Waals surface area contributed by atoms with Gasteiger partial charge in [0.05, 0.1) is 12.6 Å². The van der Waals surface area contributed by atoms with Gasteiger partial charge in [0.1, 0.15) is 6.54 Å². The van der Waals surface area contributed by atoms with Crippen LogP contribution in [0, 0.1) is 0 Å². The van der Waals surface area contributed by atoms with Crippen molar-refractivity contribution < 1.29 is 9.90 Å². The number of nitrogens with zero attached hydrogens (tertiary/aromatic N) is 3. The number of aromatic nitrogens is 2. The normalized spacial score (nSPS) is 19.6. The van der Waals surface area contributed by atoms with Gasteiger partial charge in [0.15, 0.2) is 5.96 Å². The van der Waals surface area contributed by atoms with E-state index in [1.807, 2.05) is 31.2 Å². The largest absolute Gasteiger partial charge is 0.393 e. The van der Waals surface area contributed by atoms with Crippen LogP contribution in [0.1, 0.15) is 38.2 Å². The van der Waals surface area contributed by atoms with Crippen LogP contribution in [0.3, 0.4) is 0 Å². The van der Waals surface area contributed by atoms with Crippen molar-refractivity contribution in [2.75, 3.05) is 11.9 Å². The second kappa shape index (κ2) is 10.6. The predicted molar refractivity (Wildman–Crippen MR) is 114 cm³/mol. The number of rotatable bonds is 7. The highest BCUT2D eigenvalue weighted by Gasteiger charge is 2.19. The molecular weight excluding hydrogens is 368 g/mol. The number of aliphatic hydroxyl groups is 1. The number of carbonyl (C=O) groups is 1. The van der Waals surface area contributed by atoms with Gasteiger partial charge in [-0.1, -0.05) is 12.1 Å². The molecule has 1 saturated carbocycles. The van der Waals surface area contributed by atoms with E-state index in [2.05, 4.69) is 26.0 Å². The fourth-order valence-electron chi connectivity index (χ4n) is 3.39. The van der Waals surface area contributed by atoms with Gasteiger partial charge in [-0.3, -0.25) is 9.48 Å². The molecule has 1 aliphatic carbocycles. The van der Waals surface area contributed by atoms with Crippen molar-refractivity contribution in [1.82, 2.24) is 20.4 Å². The average molecular weight is 399 g/mol. The SMILES string of the molecule is CCNC(=NCc1cccc(NC(=O)Cn2cccn2)c1)NC1CCC(O)CC1. The number of guanidine groups is 1. The van der Waals surface area contributed by atoms with Gasteiger partial charge in [-0.05, 0) is 56.4 Å². The molecule has 0 radical (unpaired) electrons. The summed E-state index contributed by atoms with van der Waals surface area (Å²) in [5.41, 5.74) is 1.76. The quantitative estimate of drug-likeness (QED) is 0.421. The van der Waals surface area contributed by atoms with Crippen molar-refractivity contribution in [2.45, 2.75) is 57.8 Å². The molecule has 0 saturated heterocycles. The van der Waals surface area contributed by atoms with E-state index in [9.17, 15) is 9.90 Å². The third-order valence-corrected chi connectivity index (χ3v) is 4.88. The number of amides is 1. The van der Waals surface area contributed by atoms with Crippen molar-refractivity contribution >= 4 is 17.6 Å². The molecule has 0 spiro atoms. The number of carbonyl (C=O) groups excluding carboxylic acids is 1. The predicted octanol–water partition coefficient (Wildman–Crippen LogP) is 1.88. The summed E-state index contributed by atoms with van der Waals surface area (Å²) < 4.78 is 1.59. The standard InChI is InChI=1S/C21H30N6O2/c1-2-22-21(26-17-7-9-19(28)10-8-17)23-14-16-5-3-6-18(13-16)25-20(29)15-27-12-4-11-24-27/h3-6,11-13,17,19,28H,2,7-10,14-15H2,1H3,(H,25,29)(H2,22,23,26). The highest BCUT2D eigenvalue weighted by Crippen LogP contribution is 2.18. The molecule has 1 fully saturated rings. The molecule has 1 aliphatic rings. The second-order valence-electron chi connectivity index (χ2n) is 7.30. The number of anilines is 1. The van der Waals surface area contributed by atoms with Crippen LogP contribution in [-0.2, 0) is 17.9 Å². The van der Waals surface area contributed by atoms with Crippen molar-refractivity contribution in [3.63, 3.8) is 0 Å². The van der Waals surface area contributed by atoms with Gasteiger partial charge < -0.3 is 21.1 Å². The molecule has 0 unspecified atom stereocenters. The Kier molecular flexibility index (Phi) is 7.63. The first-order valence-electron chi connectivity index (χ1n) is 10.2. The molecule has 8 nitrogen and oxygen atoms in total. The van der Waals surface area contributed by atoms with E-state index in [1.54, 1.807) is 23.1 Å². The number of nitrogens with one attached hydrogen (secondary N) is 3. The molecule has 1 heterocycles. The molecule has 3 rings (SSSR count). The topological polar surface area (TPSA) is 104 Å². The van der Waals surface area contributed by atoms with Crippen LogP contribution in [0.15, 0.2) is 47.7 Å².